The van der Waals surface area contributed by atoms with E-state index in [2.05, 4.69) is 15.4 Å². The molecule has 0 aliphatic rings. The summed E-state index contributed by atoms with van der Waals surface area (Å²) in [6, 6.07) is 4.24. The second kappa shape index (κ2) is 5.08. The first-order valence-electron chi connectivity index (χ1n) is 3.63. The van der Waals surface area contributed by atoms with Gasteiger partial charge in [0, 0.05) is 3.57 Å². The predicted molar refractivity (Wildman–Crippen MR) is 57.5 cm³/mol. The average molecular weight is 309 g/mol. The van der Waals surface area contributed by atoms with Gasteiger partial charge in [0.15, 0.2) is 0 Å². The van der Waals surface area contributed by atoms with Crippen LogP contribution in [-0.2, 0) is 0 Å². The highest BCUT2D eigenvalue weighted by atomic mass is 127. The van der Waals surface area contributed by atoms with E-state index in [0.29, 0.717) is 3.57 Å². The number of hydrogen-bond acceptors (Lipinski definition) is 2. The van der Waals surface area contributed by atoms with E-state index in [1.165, 1.54) is 13.1 Å². The molecule has 0 saturated heterocycles. The Hall–Kier alpha value is -0.920. The Balaban J connectivity index is 3.18. The van der Waals surface area contributed by atoms with Crippen LogP contribution in [0.4, 0.5) is 8.78 Å². The Morgan fingerprint density at radius 1 is 1.43 bits per heavy atom. The highest BCUT2D eigenvalue weighted by Gasteiger charge is 2.12. The van der Waals surface area contributed by atoms with Crippen LogP contribution in [0, 0.1) is 9.39 Å². The smallest absolute Gasteiger partial charge is 0.206 e. The van der Waals surface area contributed by atoms with Crippen molar-refractivity contribution in [3.8, 4) is 0 Å². The van der Waals surface area contributed by atoms with Crippen LogP contribution in [-0.4, -0.2) is 13.0 Å². The molecule has 0 heterocycles. The van der Waals surface area contributed by atoms with Gasteiger partial charge in [-0.2, -0.15) is 9.50 Å². The Kier molecular flexibility index (Phi) is 4.05. The lowest BCUT2D eigenvalue weighted by Crippen LogP contribution is -1.99. The van der Waals surface area contributed by atoms with Gasteiger partial charge in [-0.05, 0) is 39.9 Å². The lowest BCUT2D eigenvalue weighted by molar-refractivity contribution is 0.618. The third kappa shape index (κ3) is 2.53. The number of benzene rings is 1. The van der Waals surface area contributed by atoms with E-state index in [4.69, 9.17) is 0 Å². The molecule has 0 bridgehead atoms. The quantitative estimate of drug-likeness (QED) is 0.348. The van der Waals surface area contributed by atoms with Crippen molar-refractivity contribution >= 4 is 28.6 Å². The van der Waals surface area contributed by atoms with Crippen molar-refractivity contribution in [2.75, 3.05) is 7.05 Å². The average Bonchev–Trinajstić information content (AvgIpc) is 2.14. The van der Waals surface area contributed by atoms with Gasteiger partial charge >= 0.3 is 0 Å². The molecule has 1 rings (SSSR count). The van der Waals surface area contributed by atoms with Gasteiger partial charge in [0.25, 0.3) is 0 Å². The molecule has 0 radical (unpaired) electrons. The largest absolute Gasteiger partial charge is 0.246 e. The molecule has 0 aliphatic heterocycles. The van der Waals surface area contributed by atoms with Crippen molar-refractivity contribution in [1.29, 1.82) is 0 Å². The van der Waals surface area contributed by atoms with Crippen molar-refractivity contribution < 1.29 is 8.78 Å². The summed E-state index contributed by atoms with van der Waals surface area (Å²) in [6.07, 6.45) is 0. The molecule has 1 aromatic carbocycles. The molecule has 3 nitrogen and oxygen atoms in total. The number of rotatable bonds is 2. The third-order valence-corrected chi connectivity index (χ3v) is 2.29. The molecule has 14 heavy (non-hydrogen) atoms. The predicted octanol–water partition coefficient (Wildman–Crippen LogP) is 3.14. The highest BCUT2D eigenvalue weighted by Crippen LogP contribution is 2.17. The van der Waals surface area contributed by atoms with Gasteiger partial charge in [-0.25, -0.2) is 4.39 Å². The van der Waals surface area contributed by atoms with Crippen LogP contribution < -0.4 is 0 Å². The molecule has 0 N–H and O–H groups in total. The van der Waals surface area contributed by atoms with Crippen LogP contribution in [0.3, 0.4) is 0 Å². The maximum Gasteiger partial charge on any atom is 0.246 e. The minimum atomic E-state index is -0.974. The molecular weight excluding hydrogens is 303 g/mol. The zero-order valence-electron chi connectivity index (χ0n) is 7.21. The molecule has 0 atom stereocenters. The molecule has 6 heteroatoms. The SMILES string of the molecule is C/N=N\N=C(/F)c1c(F)cccc1I. The van der Waals surface area contributed by atoms with Crippen LogP contribution in [0.1, 0.15) is 5.56 Å². The third-order valence-electron chi connectivity index (χ3n) is 1.39. The summed E-state index contributed by atoms with van der Waals surface area (Å²) in [7, 11) is 1.35. The van der Waals surface area contributed by atoms with Crippen LogP contribution in [0.15, 0.2) is 33.6 Å². The molecule has 0 aromatic heterocycles. The minimum absolute atomic E-state index is 0.180. The van der Waals surface area contributed by atoms with Crippen LogP contribution >= 0.6 is 22.6 Å². The number of halogens is 3. The van der Waals surface area contributed by atoms with Crippen LogP contribution in [0.5, 0.6) is 0 Å². The lowest BCUT2D eigenvalue weighted by atomic mass is 10.2. The lowest BCUT2D eigenvalue weighted by Gasteiger charge is -2.00. The van der Waals surface area contributed by atoms with Gasteiger partial charge in [-0.1, -0.05) is 11.2 Å². The van der Waals surface area contributed by atoms with Crippen LogP contribution in [0.25, 0.3) is 0 Å². The van der Waals surface area contributed by atoms with Crippen molar-refractivity contribution in [2.45, 2.75) is 0 Å². The second-order valence-corrected chi connectivity index (χ2v) is 3.44. The molecule has 0 spiro atoms. The van der Waals surface area contributed by atoms with Crippen molar-refractivity contribution in [3.05, 3.63) is 33.1 Å². The van der Waals surface area contributed by atoms with Gasteiger partial charge < -0.3 is 0 Å². The fourth-order valence-corrected chi connectivity index (χ4v) is 1.52. The number of hydrogen-bond donors (Lipinski definition) is 0. The summed E-state index contributed by atoms with van der Waals surface area (Å²) in [6.45, 7) is 0. The van der Waals surface area contributed by atoms with Gasteiger partial charge in [-0.15, -0.1) is 0 Å². The van der Waals surface area contributed by atoms with Crippen molar-refractivity contribution in [3.63, 3.8) is 0 Å². The highest BCUT2D eigenvalue weighted by molar-refractivity contribution is 14.1. The number of nitrogens with zero attached hydrogens (tertiary/aromatic N) is 3. The molecule has 0 fully saturated rings. The summed E-state index contributed by atoms with van der Waals surface area (Å²) in [5, 5.41) is 9.43. The Morgan fingerprint density at radius 3 is 2.71 bits per heavy atom. The summed E-state index contributed by atoms with van der Waals surface area (Å²) < 4.78 is 26.8. The normalized spacial score (nSPS) is 12.4. The molecule has 0 amide bonds. The van der Waals surface area contributed by atoms with E-state index < -0.39 is 11.8 Å². The zero-order chi connectivity index (χ0) is 10.6. The maximum absolute atomic E-state index is 13.2. The fourth-order valence-electron chi connectivity index (χ4n) is 0.829. The summed E-state index contributed by atoms with van der Waals surface area (Å²) in [5.41, 5.74) is -0.180. The van der Waals surface area contributed by atoms with Gasteiger partial charge in [-0.3, -0.25) is 0 Å². The van der Waals surface area contributed by atoms with E-state index >= 15 is 0 Å². The van der Waals surface area contributed by atoms with Crippen molar-refractivity contribution in [2.24, 2.45) is 15.4 Å². The van der Waals surface area contributed by atoms with E-state index in [1.807, 2.05) is 22.6 Å². The molecule has 0 unspecified atom stereocenters. The summed E-state index contributed by atoms with van der Waals surface area (Å²) in [4.78, 5) is 0. The first kappa shape index (κ1) is 11.2. The van der Waals surface area contributed by atoms with E-state index in [1.54, 1.807) is 6.07 Å². The van der Waals surface area contributed by atoms with Gasteiger partial charge in [0.2, 0.25) is 5.97 Å². The second-order valence-electron chi connectivity index (χ2n) is 2.28. The standard InChI is InChI=1S/C8H6F2IN3/c1-12-14-13-8(10)7-5(9)3-2-4-6(7)11/h2-4H,1H3/b13-8-,14-12-. The molecule has 74 valence electrons. The first-order valence-corrected chi connectivity index (χ1v) is 4.71. The maximum atomic E-state index is 13.2. The van der Waals surface area contributed by atoms with Gasteiger partial charge in [0.1, 0.15) is 5.82 Å². The Morgan fingerprint density at radius 2 is 2.14 bits per heavy atom. The fraction of sp³-hybridized carbons (Fsp3) is 0.125. The summed E-state index contributed by atoms with van der Waals surface area (Å²) in [5.74, 6) is -1.64. The van der Waals surface area contributed by atoms with E-state index in [9.17, 15) is 8.78 Å². The summed E-state index contributed by atoms with van der Waals surface area (Å²) >= 11 is 1.82. The molecule has 0 aliphatic carbocycles. The van der Waals surface area contributed by atoms with Gasteiger partial charge in [0.05, 0.1) is 12.6 Å². The molecule has 0 saturated carbocycles. The van der Waals surface area contributed by atoms with Crippen molar-refractivity contribution in [1.82, 2.24) is 0 Å². The van der Waals surface area contributed by atoms with E-state index in [0.717, 1.165) is 6.07 Å². The monoisotopic (exact) mass is 309 g/mol. The zero-order valence-corrected chi connectivity index (χ0v) is 9.37. The Bertz CT molecular complexity index is 370. The van der Waals surface area contributed by atoms with Crippen LogP contribution in [0.2, 0.25) is 0 Å². The molecular formula is C8H6F2IN3. The first-order chi connectivity index (χ1) is 6.66. The minimum Gasteiger partial charge on any atom is -0.206 e. The molecule has 1 aromatic rings. The Labute approximate surface area is 93.1 Å². The van der Waals surface area contributed by atoms with E-state index in [-0.39, 0.29) is 5.56 Å². The topological polar surface area (TPSA) is 37.1 Å².